The van der Waals surface area contributed by atoms with Crippen molar-refractivity contribution in [3.05, 3.63) is 83.9 Å². The number of ether oxygens (including phenoxy) is 2. The number of nitrogens with one attached hydrogen (secondary N) is 1. The van der Waals surface area contributed by atoms with E-state index in [1.54, 1.807) is 4.90 Å². The Kier molecular flexibility index (Phi) is 7.49. The molecule has 0 saturated carbocycles. The number of nitrogens with zero attached hydrogens (tertiary/aromatic N) is 1. The van der Waals surface area contributed by atoms with Gasteiger partial charge in [0, 0.05) is 6.54 Å². The zero-order chi connectivity index (χ0) is 21.3. The van der Waals surface area contributed by atoms with Crippen molar-refractivity contribution < 1.29 is 19.1 Å². The monoisotopic (exact) mass is 408 g/mol. The van der Waals surface area contributed by atoms with Crippen molar-refractivity contribution in [2.24, 2.45) is 5.92 Å². The van der Waals surface area contributed by atoms with Gasteiger partial charge in [0.15, 0.2) is 0 Å². The molecule has 30 heavy (non-hydrogen) atoms. The molecule has 1 aliphatic rings. The number of hydrogen-bond acceptors (Lipinski definition) is 4. The Labute approximate surface area is 177 Å². The van der Waals surface area contributed by atoms with Crippen LogP contribution in [0.3, 0.4) is 0 Å². The largest absolute Gasteiger partial charge is 0.445 e. The molecule has 2 aromatic carbocycles. The topological polar surface area (TPSA) is 67.9 Å². The highest BCUT2D eigenvalue weighted by atomic mass is 16.6. The van der Waals surface area contributed by atoms with Crippen molar-refractivity contribution >= 4 is 12.2 Å². The van der Waals surface area contributed by atoms with Crippen molar-refractivity contribution in [1.29, 1.82) is 0 Å². The predicted octanol–water partition coefficient (Wildman–Crippen LogP) is 4.51. The zero-order valence-electron chi connectivity index (χ0n) is 17.4. The number of hydrogen-bond donors (Lipinski definition) is 1. The third kappa shape index (κ3) is 6.11. The van der Waals surface area contributed by atoms with Gasteiger partial charge >= 0.3 is 12.2 Å². The van der Waals surface area contributed by atoms with Gasteiger partial charge in [-0.3, -0.25) is 4.90 Å². The zero-order valence-corrected chi connectivity index (χ0v) is 17.4. The molecule has 1 N–H and O–H groups in total. The minimum absolute atomic E-state index is 0.0450. The molecule has 2 aromatic rings. The Morgan fingerprint density at radius 3 is 2.07 bits per heavy atom. The standard InChI is InChI=1S/C24H28N2O4/c1-18-13-14-19(2)26(24(28)30-17-21-11-7-4-8-12-21)15-22(18)25-23(27)29-16-20-9-5-3-6-10-20/h3-14,18-19,22H,15-17H2,1-2H3,(H,25,27)/t18-,19-,22+/m0/s1. The van der Waals surface area contributed by atoms with Crippen molar-refractivity contribution in [2.45, 2.75) is 39.1 Å². The van der Waals surface area contributed by atoms with E-state index in [0.717, 1.165) is 11.1 Å². The molecule has 0 aromatic heterocycles. The van der Waals surface area contributed by atoms with Gasteiger partial charge in [0.25, 0.3) is 0 Å². The van der Waals surface area contributed by atoms with Crippen LogP contribution in [0.5, 0.6) is 0 Å². The Morgan fingerprint density at radius 2 is 1.47 bits per heavy atom. The third-order valence-corrected chi connectivity index (χ3v) is 5.17. The van der Waals surface area contributed by atoms with Crippen LogP contribution in [-0.4, -0.2) is 35.7 Å². The Morgan fingerprint density at radius 1 is 0.900 bits per heavy atom. The van der Waals surface area contributed by atoms with Crippen LogP contribution < -0.4 is 5.32 Å². The van der Waals surface area contributed by atoms with Crippen molar-refractivity contribution in [2.75, 3.05) is 6.54 Å². The van der Waals surface area contributed by atoms with E-state index < -0.39 is 12.2 Å². The highest BCUT2D eigenvalue weighted by molar-refractivity contribution is 5.70. The second-order valence-corrected chi connectivity index (χ2v) is 7.49. The third-order valence-electron chi connectivity index (χ3n) is 5.17. The smallest absolute Gasteiger partial charge is 0.410 e. The Balaban J connectivity index is 1.57. The molecule has 6 heteroatoms. The van der Waals surface area contributed by atoms with Crippen LogP contribution in [0.25, 0.3) is 0 Å². The maximum absolute atomic E-state index is 12.7. The van der Waals surface area contributed by atoms with Gasteiger partial charge in [-0.05, 0) is 24.0 Å². The molecule has 0 aliphatic carbocycles. The van der Waals surface area contributed by atoms with Gasteiger partial charge in [-0.2, -0.15) is 0 Å². The summed E-state index contributed by atoms with van der Waals surface area (Å²) in [6, 6.07) is 18.6. The SMILES string of the molecule is C[C@H]1C=C[C@H](C)N(C(=O)OCc2ccccc2)C[C@H]1NC(=O)OCc1ccccc1. The van der Waals surface area contributed by atoms with Gasteiger partial charge < -0.3 is 14.8 Å². The van der Waals surface area contributed by atoms with Crippen LogP contribution in [0.4, 0.5) is 9.59 Å². The van der Waals surface area contributed by atoms with Crippen LogP contribution in [0.2, 0.25) is 0 Å². The van der Waals surface area contributed by atoms with Crippen LogP contribution in [0.1, 0.15) is 25.0 Å². The van der Waals surface area contributed by atoms with Gasteiger partial charge in [0.1, 0.15) is 13.2 Å². The summed E-state index contributed by atoms with van der Waals surface area (Å²) in [4.78, 5) is 26.7. The first-order valence-electron chi connectivity index (χ1n) is 10.2. The molecule has 3 atom stereocenters. The highest BCUT2D eigenvalue weighted by Crippen LogP contribution is 2.18. The summed E-state index contributed by atoms with van der Waals surface area (Å²) >= 11 is 0. The molecule has 6 nitrogen and oxygen atoms in total. The Hall–Kier alpha value is -3.28. The van der Waals surface area contributed by atoms with E-state index in [9.17, 15) is 9.59 Å². The highest BCUT2D eigenvalue weighted by Gasteiger charge is 2.30. The lowest BCUT2D eigenvalue weighted by molar-refractivity contribution is 0.0829. The molecule has 1 heterocycles. The number of amides is 2. The molecular formula is C24H28N2O4. The fourth-order valence-corrected chi connectivity index (χ4v) is 3.25. The number of carbonyl (C=O) groups excluding carboxylic acids is 2. The van der Waals surface area contributed by atoms with E-state index in [4.69, 9.17) is 9.47 Å². The summed E-state index contributed by atoms with van der Waals surface area (Å²) in [5, 5.41) is 2.90. The van der Waals surface area contributed by atoms with Crippen molar-refractivity contribution in [1.82, 2.24) is 10.2 Å². The minimum Gasteiger partial charge on any atom is -0.445 e. The summed E-state index contributed by atoms with van der Waals surface area (Å²) in [6.07, 6.45) is 3.06. The van der Waals surface area contributed by atoms with Gasteiger partial charge in [-0.15, -0.1) is 0 Å². The number of benzene rings is 2. The molecule has 158 valence electrons. The van der Waals surface area contributed by atoms with Crippen molar-refractivity contribution in [3.8, 4) is 0 Å². The van der Waals surface area contributed by atoms with Crippen LogP contribution in [-0.2, 0) is 22.7 Å². The molecule has 1 aliphatic heterocycles. The van der Waals surface area contributed by atoms with E-state index in [1.807, 2.05) is 86.7 Å². The van der Waals surface area contributed by atoms with Crippen LogP contribution in [0, 0.1) is 5.92 Å². The van der Waals surface area contributed by atoms with E-state index >= 15 is 0 Å². The van der Waals surface area contributed by atoms with Crippen molar-refractivity contribution in [3.63, 3.8) is 0 Å². The maximum atomic E-state index is 12.7. The van der Waals surface area contributed by atoms with E-state index in [1.165, 1.54) is 0 Å². The Bertz CT molecular complexity index is 854. The van der Waals surface area contributed by atoms with Crippen LogP contribution >= 0.6 is 0 Å². The average Bonchev–Trinajstić information content (AvgIpc) is 2.91. The molecule has 0 spiro atoms. The number of rotatable bonds is 5. The molecule has 2 amide bonds. The molecular weight excluding hydrogens is 380 g/mol. The van der Waals surface area contributed by atoms with Gasteiger partial charge in [-0.25, -0.2) is 9.59 Å². The van der Waals surface area contributed by atoms with Gasteiger partial charge in [0.05, 0.1) is 12.1 Å². The summed E-state index contributed by atoms with van der Waals surface area (Å²) in [5.74, 6) is 0.0450. The second kappa shape index (κ2) is 10.5. The van der Waals surface area contributed by atoms with Crippen LogP contribution in [0.15, 0.2) is 72.8 Å². The second-order valence-electron chi connectivity index (χ2n) is 7.49. The lowest BCUT2D eigenvalue weighted by Gasteiger charge is -2.30. The molecule has 3 rings (SSSR count). The molecule has 0 fully saturated rings. The lowest BCUT2D eigenvalue weighted by Crippen LogP contribution is -2.49. The molecule has 0 unspecified atom stereocenters. The fourth-order valence-electron chi connectivity index (χ4n) is 3.25. The maximum Gasteiger partial charge on any atom is 0.410 e. The summed E-state index contributed by atoms with van der Waals surface area (Å²) in [6.45, 7) is 4.68. The fraction of sp³-hybridized carbons (Fsp3) is 0.333. The van der Waals surface area contributed by atoms with Gasteiger partial charge in [0.2, 0.25) is 0 Å². The quantitative estimate of drug-likeness (QED) is 0.739. The predicted molar refractivity (Wildman–Crippen MR) is 115 cm³/mol. The normalized spacial score (nSPS) is 20.9. The first-order valence-corrected chi connectivity index (χ1v) is 10.2. The average molecular weight is 408 g/mol. The van der Waals surface area contributed by atoms with E-state index in [0.29, 0.717) is 6.54 Å². The lowest BCUT2D eigenvalue weighted by atomic mass is 10.0. The van der Waals surface area contributed by atoms with E-state index in [2.05, 4.69) is 5.32 Å². The van der Waals surface area contributed by atoms with E-state index in [-0.39, 0.29) is 31.2 Å². The van der Waals surface area contributed by atoms with Gasteiger partial charge in [-0.1, -0.05) is 79.7 Å². The summed E-state index contributed by atoms with van der Waals surface area (Å²) in [7, 11) is 0. The first-order chi connectivity index (χ1) is 14.5. The number of alkyl carbamates (subject to hydrolysis) is 1. The first kappa shape index (κ1) is 21.4. The minimum atomic E-state index is -0.503. The summed E-state index contributed by atoms with van der Waals surface area (Å²) < 4.78 is 10.8. The molecule has 0 bridgehead atoms. The molecule has 0 saturated heterocycles. The number of carbonyl (C=O) groups is 2. The molecule has 0 radical (unpaired) electrons. The summed E-state index contributed by atoms with van der Waals surface area (Å²) in [5.41, 5.74) is 1.84.